The monoisotopic (exact) mass is 298 g/mol. The molecular formula is C14H26N4OS. The number of ether oxygens (including phenoxy) is 1. The van der Waals surface area contributed by atoms with E-state index in [0.29, 0.717) is 12.6 Å². The molecule has 1 aromatic heterocycles. The van der Waals surface area contributed by atoms with Crippen molar-refractivity contribution >= 4 is 23.4 Å². The number of hydrogen-bond donors (Lipinski definition) is 1. The van der Waals surface area contributed by atoms with Gasteiger partial charge in [-0.2, -0.15) is 0 Å². The van der Waals surface area contributed by atoms with E-state index in [0.717, 1.165) is 36.3 Å². The highest BCUT2D eigenvalue weighted by atomic mass is 32.2. The second-order valence-corrected chi connectivity index (χ2v) is 5.58. The van der Waals surface area contributed by atoms with Crippen LogP contribution in [0.3, 0.4) is 0 Å². The molecule has 5 nitrogen and oxygen atoms in total. The number of anilines is 2. The predicted octanol–water partition coefficient (Wildman–Crippen LogP) is 2.88. The van der Waals surface area contributed by atoms with Gasteiger partial charge in [-0.05, 0) is 26.5 Å². The van der Waals surface area contributed by atoms with Crippen LogP contribution < -0.4 is 10.2 Å². The van der Waals surface area contributed by atoms with Crippen LogP contribution in [0.4, 0.5) is 11.6 Å². The first kappa shape index (κ1) is 17.0. The van der Waals surface area contributed by atoms with Gasteiger partial charge >= 0.3 is 0 Å². The minimum absolute atomic E-state index is 0.369. The highest BCUT2D eigenvalue weighted by molar-refractivity contribution is 7.98. The van der Waals surface area contributed by atoms with Crippen molar-refractivity contribution in [2.45, 2.75) is 38.4 Å². The van der Waals surface area contributed by atoms with E-state index < -0.39 is 0 Å². The average Bonchev–Trinajstić information content (AvgIpc) is 2.45. The van der Waals surface area contributed by atoms with Crippen molar-refractivity contribution in [3.8, 4) is 0 Å². The summed E-state index contributed by atoms with van der Waals surface area (Å²) in [5.41, 5.74) is 0. The molecule has 0 aliphatic carbocycles. The second-order valence-electron chi connectivity index (χ2n) is 4.80. The van der Waals surface area contributed by atoms with E-state index in [4.69, 9.17) is 4.74 Å². The Balaban J connectivity index is 2.99. The van der Waals surface area contributed by atoms with Crippen LogP contribution in [0.5, 0.6) is 0 Å². The Bertz CT molecular complexity index is 401. The molecule has 0 fully saturated rings. The number of nitrogens with one attached hydrogen (secondary N) is 1. The van der Waals surface area contributed by atoms with Gasteiger partial charge < -0.3 is 15.0 Å². The predicted molar refractivity (Wildman–Crippen MR) is 87.0 cm³/mol. The number of aromatic nitrogens is 2. The lowest BCUT2D eigenvalue weighted by Gasteiger charge is -2.28. The van der Waals surface area contributed by atoms with Crippen molar-refractivity contribution < 1.29 is 4.74 Å². The summed E-state index contributed by atoms with van der Waals surface area (Å²) in [6.45, 7) is 8.90. The molecule has 0 unspecified atom stereocenters. The van der Waals surface area contributed by atoms with Crippen LogP contribution in [0.1, 0.15) is 27.2 Å². The Kier molecular flexibility index (Phi) is 7.69. The van der Waals surface area contributed by atoms with Gasteiger partial charge in [-0.3, -0.25) is 0 Å². The van der Waals surface area contributed by atoms with Gasteiger partial charge in [0.15, 0.2) is 5.16 Å². The van der Waals surface area contributed by atoms with Crippen LogP contribution in [0.2, 0.25) is 0 Å². The summed E-state index contributed by atoms with van der Waals surface area (Å²) in [4.78, 5) is 11.3. The van der Waals surface area contributed by atoms with Crippen LogP contribution in [-0.2, 0) is 4.74 Å². The van der Waals surface area contributed by atoms with E-state index in [1.165, 1.54) is 0 Å². The van der Waals surface area contributed by atoms with Gasteiger partial charge in [0.1, 0.15) is 11.6 Å². The Hall–Kier alpha value is -1.01. The van der Waals surface area contributed by atoms with E-state index in [9.17, 15) is 0 Å². The van der Waals surface area contributed by atoms with Crippen molar-refractivity contribution in [3.05, 3.63) is 6.07 Å². The molecule has 20 heavy (non-hydrogen) atoms. The van der Waals surface area contributed by atoms with Crippen LogP contribution in [0.25, 0.3) is 0 Å². The SMILES string of the molecule is CCCNc1cc(N(CCOC)C(C)C)nc(SC)n1. The molecule has 0 radical (unpaired) electrons. The fourth-order valence-electron chi connectivity index (χ4n) is 1.82. The lowest BCUT2D eigenvalue weighted by Crippen LogP contribution is -2.34. The van der Waals surface area contributed by atoms with Crippen LogP contribution >= 0.6 is 11.8 Å². The van der Waals surface area contributed by atoms with Crippen LogP contribution in [0, 0.1) is 0 Å². The molecule has 0 aromatic carbocycles. The zero-order valence-corrected chi connectivity index (χ0v) is 14.0. The molecule has 0 saturated heterocycles. The maximum atomic E-state index is 5.19. The largest absolute Gasteiger partial charge is 0.383 e. The molecule has 0 bridgehead atoms. The lowest BCUT2D eigenvalue weighted by molar-refractivity contribution is 0.203. The molecule has 1 N–H and O–H groups in total. The summed E-state index contributed by atoms with van der Waals surface area (Å²) in [6.07, 6.45) is 3.07. The van der Waals surface area contributed by atoms with Gasteiger partial charge in [0.05, 0.1) is 6.61 Å². The Morgan fingerprint density at radius 1 is 1.40 bits per heavy atom. The van der Waals surface area contributed by atoms with Gasteiger partial charge in [0, 0.05) is 32.3 Å². The van der Waals surface area contributed by atoms with Gasteiger partial charge in [0.2, 0.25) is 0 Å². The average molecular weight is 298 g/mol. The van der Waals surface area contributed by atoms with Gasteiger partial charge in [-0.1, -0.05) is 18.7 Å². The van der Waals surface area contributed by atoms with Gasteiger partial charge in [0.25, 0.3) is 0 Å². The molecule has 1 heterocycles. The molecule has 0 saturated carbocycles. The number of rotatable bonds is 9. The van der Waals surface area contributed by atoms with E-state index in [-0.39, 0.29) is 0 Å². The summed E-state index contributed by atoms with van der Waals surface area (Å²) in [6, 6.07) is 2.39. The molecule has 0 aliphatic rings. The lowest BCUT2D eigenvalue weighted by atomic mass is 10.3. The van der Waals surface area contributed by atoms with Gasteiger partial charge in [-0.25, -0.2) is 9.97 Å². The standard InChI is InChI=1S/C14H26N4OS/c1-6-7-15-12-10-13(17-14(16-12)20-5)18(11(2)3)8-9-19-4/h10-11H,6-9H2,1-5H3,(H,15,16,17). The Morgan fingerprint density at radius 2 is 2.15 bits per heavy atom. The first-order valence-corrected chi connectivity index (χ1v) is 8.27. The van der Waals surface area contributed by atoms with Gasteiger partial charge in [-0.15, -0.1) is 0 Å². The van der Waals surface area contributed by atoms with E-state index in [1.807, 2.05) is 12.3 Å². The summed E-state index contributed by atoms with van der Waals surface area (Å²) in [7, 11) is 1.72. The minimum atomic E-state index is 0.369. The second kappa shape index (κ2) is 9.02. The summed E-state index contributed by atoms with van der Waals surface area (Å²) >= 11 is 1.56. The molecule has 1 rings (SSSR count). The zero-order chi connectivity index (χ0) is 15.0. The van der Waals surface area contributed by atoms with E-state index in [2.05, 4.69) is 41.0 Å². The molecule has 0 aliphatic heterocycles. The van der Waals surface area contributed by atoms with E-state index >= 15 is 0 Å². The highest BCUT2D eigenvalue weighted by Crippen LogP contribution is 2.22. The maximum Gasteiger partial charge on any atom is 0.191 e. The third kappa shape index (κ3) is 5.17. The maximum absolute atomic E-state index is 5.19. The molecule has 1 aromatic rings. The molecule has 6 heteroatoms. The molecule has 0 atom stereocenters. The molecular weight excluding hydrogens is 272 g/mol. The number of nitrogens with zero attached hydrogens (tertiary/aromatic N) is 3. The summed E-state index contributed by atoms with van der Waals surface area (Å²) < 4.78 is 5.19. The van der Waals surface area contributed by atoms with Crippen molar-refractivity contribution in [2.75, 3.05) is 43.3 Å². The minimum Gasteiger partial charge on any atom is -0.383 e. The first-order valence-electron chi connectivity index (χ1n) is 7.04. The zero-order valence-electron chi connectivity index (χ0n) is 13.1. The number of methoxy groups -OCH3 is 1. The normalized spacial score (nSPS) is 10.9. The number of thioether (sulfide) groups is 1. The van der Waals surface area contributed by atoms with Crippen LogP contribution in [0.15, 0.2) is 11.2 Å². The fraction of sp³-hybridized carbons (Fsp3) is 0.714. The third-order valence-corrected chi connectivity index (χ3v) is 3.43. The van der Waals surface area contributed by atoms with Crippen molar-refractivity contribution in [1.82, 2.24) is 9.97 Å². The van der Waals surface area contributed by atoms with Crippen molar-refractivity contribution in [1.29, 1.82) is 0 Å². The quantitative estimate of drug-likeness (QED) is 0.559. The summed E-state index contributed by atoms with van der Waals surface area (Å²) in [5, 5.41) is 4.13. The Morgan fingerprint density at radius 3 is 2.70 bits per heavy atom. The molecule has 114 valence electrons. The summed E-state index contributed by atoms with van der Waals surface area (Å²) in [5.74, 6) is 1.85. The smallest absolute Gasteiger partial charge is 0.191 e. The number of hydrogen-bond acceptors (Lipinski definition) is 6. The highest BCUT2D eigenvalue weighted by Gasteiger charge is 2.14. The fourth-order valence-corrected chi connectivity index (χ4v) is 2.20. The van der Waals surface area contributed by atoms with Crippen molar-refractivity contribution in [2.24, 2.45) is 0 Å². The molecule has 0 amide bonds. The van der Waals surface area contributed by atoms with Crippen molar-refractivity contribution in [3.63, 3.8) is 0 Å². The third-order valence-electron chi connectivity index (χ3n) is 2.88. The first-order chi connectivity index (χ1) is 9.62. The van der Waals surface area contributed by atoms with Crippen LogP contribution in [-0.4, -0.2) is 49.1 Å². The Labute approximate surface area is 126 Å². The molecule has 0 spiro atoms. The topological polar surface area (TPSA) is 50.3 Å². The van der Waals surface area contributed by atoms with E-state index in [1.54, 1.807) is 18.9 Å².